The number of fused-ring (bicyclic) bond motifs is 1. The molecule has 1 aromatic heterocycles. The monoisotopic (exact) mass is 327 g/mol. The van der Waals surface area contributed by atoms with Crippen molar-refractivity contribution in [1.29, 1.82) is 0 Å². The van der Waals surface area contributed by atoms with E-state index in [0.717, 1.165) is 21.4 Å². The number of imide groups is 1. The van der Waals surface area contributed by atoms with Gasteiger partial charge in [0.1, 0.15) is 6.04 Å². The number of likely N-dealkylation sites (tertiary alicyclic amines) is 1. The Morgan fingerprint density at radius 1 is 1.29 bits per heavy atom. The van der Waals surface area contributed by atoms with Crippen molar-refractivity contribution in [3.8, 4) is 0 Å². The zero-order valence-electron chi connectivity index (χ0n) is 13.9. The van der Waals surface area contributed by atoms with E-state index in [4.69, 9.17) is 0 Å². The number of amides is 3. The number of rotatable bonds is 5. The Bertz CT molecular complexity index is 793. The fourth-order valence-corrected chi connectivity index (χ4v) is 3.12. The lowest BCUT2D eigenvalue weighted by atomic mass is 10.1. The zero-order chi connectivity index (χ0) is 17.3. The van der Waals surface area contributed by atoms with Gasteiger partial charge < -0.3 is 10.3 Å². The topological polar surface area (TPSA) is 82.3 Å². The van der Waals surface area contributed by atoms with Crippen LogP contribution in [-0.2, 0) is 20.8 Å². The third kappa shape index (κ3) is 3.04. The summed E-state index contributed by atoms with van der Waals surface area (Å²) in [5.41, 5.74) is 3.40. The number of benzene rings is 1. The van der Waals surface area contributed by atoms with Crippen molar-refractivity contribution in [2.75, 3.05) is 6.54 Å². The molecule has 2 heterocycles. The minimum atomic E-state index is -0.752. The van der Waals surface area contributed by atoms with Gasteiger partial charge in [0.2, 0.25) is 17.7 Å². The number of aromatic amines is 1. The quantitative estimate of drug-likeness (QED) is 0.820. The normalized spacial score (nSPS) is 16.0. The summed E-state index contributed by atoms with van der Waals surface area (Å²) < 4.78 is 0. The first-order valence-electron chi connectivity index (χ1n) is 8.16. The van der Waals surface area contributed by atoms with Crippen LogP contribution >= 0.6 is 0 Å². The fraction of sp³-hybridized carbons (Fsp3) is 0.389. The molecule has 0 unspecified atom stereocenters. The van der Waals surface area contributed by atoms with Crippen LogP contribution in [0.2, 0.25) is 0 Å². The van der Waals surface area contributed by atoms with Gasteiger partial charge in [-0.2, -0.15) is 0 Å². The van der Waals surface area contributed by atoms with Crippen molar-refractivity contribution in [2.45, 2.75) is 39.2 Å². The smallest absolute Gasteiger partial charge is 0.243 e. The van der Waals surface area contributed by atoms with Crippen molar-refractivity contribution in [3.63, 3.8) is 0 Å². The first kappa shape index (κ1) is 16.2. The Kier molecular flexibility index (Phi) is 4.38. The molecule has 0 bridgehead atoms. The zero-order valence-corrected chi connectivity index (χ0v) is 13.9. The predicted molar refractivity (Wildman–Crippen MR) is 90.3 cm³/mol. The molecule has 1 aliphatic rings. The molecule has 1 saturated heterocycles. The van der Waals surface area contributed by atoms with Crippen LogP contribution in [0.15, 0.2) is 24.4 Å². The van der Waals surface area contributed by atoms with Gasteiger partial charge in [0, 0.05) is 36.5 Å². The third-order valence-corrected chi connectivity index (χ3v) is 4.47. The highest BCUT2D eigenvalue weighted by molar-refractivity contribution is 6.05. The molecular formula is C18H21N3O3. The lowest BCUT2D eigenvalue weighted by Gasteiger charge is -2.21. The minimum absolute atomic E-state index is 0.200. The van der Waals surface area contributed by atoms with Crippen LogP contribution in [0.3, 0.4) is 0 Å². The molecule has 2 aromatic rings. The van der Waals surface area contributed by atoms with E-state index >= 15 is 0 Å². The van der Waals surface area contributed by atoms with E-state index in [1.165, 1.54) is 5.56 Å². The van der Waals surface area contributed by atoms with E-state index in [2.05, 4.69) is 28.5 Å². The summed E-state index contributed by atoms with van der Waals surface area (Å²) in [6.07, 6.45) is 3.03. The maximum absolute atomic E-state index is 12.2. The molecule has 3 amide bonds. The lowest BCUT2D eigenvalue weighted by Crippen LogP contribution is -2.47. The number of aryl methyl sites for hydroxylation is 1. The maximum Gasteiger partial charge on any atom is 0.243 e. The second-order valence-electron chi connectivity index (χ2n) is 6.24. The highest BCUT2D eigenvalue weighted by Gasteiger charge is 2.35. The molecule has 0 radical (unpaired) electrons. The summed E-state index contributed by atoms with van der Waals surface area (Å²) in [5, 5.41) is 3.96. The molecule has 0 aliphatic carbocycles. The molecule has 0 spiro atoms. The van der Waals surface area contributed by atoms with Gasteiger partial charge in [-0.1, -0.05) is 12.1 Å². The molecule has 3 rings (SSSR count). The molecule has 1 fully saturated rings. The van der Waals surface area contributed by atoms with Gasteiger partial charge in [-0.25, -0.2) is 0 Å². The SMILES string of the molecule is Cc1ccc2c(CCNC(=O)[C@@H](C)N3C(=O)CCC3=O)c[nH]c2c1. The fourth-order valence-electron chi connectivity index (χ4n) is 3.12. The second kappa shape index (κ2) is 6.47. The first-order valence-corrected chi connectivity index (χ1v) is 8.16. The van der Waals surface area contributed by atoms with Crippen LogP contribution in [-0.4, -0.2) is 40.2 Å². The van der Waals surface area contributed by atoms with Gasteiger partial charge in [-0.3, -0.25) is 19.3 Å². The molecule has 1 aromatic carbocycles. The van der Waals surface area contributed by atoms with Crippen LogP contribution in [0, 0.1) is 6.92 Å². The van der Waals surface area contributed by atoms with Crippen molar-refractivity contribution >= 4 is 28.6 Å². The number of nitrogens with one attached hydrogen (secondary N) is 2. The predicted octanol–water partition coefficient (Wildman–Crippen LogP) is 1.67. The number of carbonyl (C=O) groups excluding carboxylic acids is 3. The minimum Gasteiger partial charge on any atom is -0.361 e. The van der Waals surface area contributed by atoms with E-state index in [1.54, 1.807) is 6.92 Å². The van der Waals surface area contributed by atoms with Crippen LogP contribution in [0.4, 0.5) is 0 Å². The largest absolute Gasteiger partial charge is 0.361 e. The summed E-state index contributed by atoms with van der Waals surface area (Å²) >= 11 is 0. The summed E-state index contributed by atoms with van der Waals surface area (Å²) in [7, 11) is 0. The second-order valence-corrected chi connectivity index (χ2v) is 6.24. The Morgan fingerprint density at radius 2 is 2.00 bits per heavy atom. The molecule has 1 aliphatic heterocycles. The number of nitrogens with zero attached hydrogens (tertiary/aromatic N) is 1. The number of carbonyl (C=O) groups is 3. The Balaban J connectivity index is 1.58. The average molecular weight is 327 g/mol. The molecule has 24 heavy (non-hydrogen) atoms. The van der Waals surface area contributed by atoms with E-state index in [0.29, 0.717) is 13.0 Å². The van der Waals surface area contributed by atoms with Crippen LogP contribution in [0.25, 0.3) is 10.9 Å². The molecular weight excluding hydrogens is 306 g/mol. The summed E-state index contributed by atoms with van der Waals surface area (Å²) in [4.78, 5) is 39.9. The van der Waals surface area contributed by atoms with Crippen LogP contribution < -0.4 is 5.32 Å². The molecule has 0 saturated carbocycles. The average Bonchev–Trinajstić information content (AvgIpc) is 3.09. The van der Waals surface area contributed by atoms with Crippen molar-refractivity contribution in [2.24, 2.45) is 0 Å². The van der Waals surface area contributed by atoms with Crippen molar-refractivity contribution < 1.29 is 14.4 Å². The number of aromatic nitrogens is 1. The van der Waals surface area contributed by atoms with Gasteiger partial charge >= 0.3 is 0 Å². The standard InChI is InChI=1S/C18H21N3O3/c1-11-3-4-14-13(10-20-15(14)9-11)7-8-19-18(24)12(2)21-16(22)5-6-17(21)23/h3-4,9-10,12,20H,5-8H2,1-2H3,(H,19,24)/t12-/m1/s1. The van der Waals surface area contributed by atoms with E-state index in [9.17, 15) is 14.4 Å². The van der Waals surface area contributed by atoms with E-state index in [1.807, 2.05) is 13.1 Å². The highest BCUT2D eigenvalue weighted by Crippen LogP contribution is 2.20. The lowest BCUT2D eigenvalue weighted by molar-refractivity contribution is -0.146. The number of hydrogen-bond acceptors (Lipinski definition) is 3. The number of H-pyrrole nitrogens is 1. The van der Waals surface area contributed by atoms with Gasteiger partial charge in [-0.15, -0.1) is 0 Å². The first-order chi connectivity index (χ1) is 11.5. The number of hydrogen-bond donors (Lipinski definition) is 2. The molecule has 2 N–H and O–H groups in total. The maximum atomic E-state index is 12.2. The molecule has 6 nitrogen and oxygen atoms in total. The Labute approximate surface area is 140 Å². The molecule has 6 heteroatoms. The van der Waals surface area contributed by atoms with Crippen molar-refractivity contribution in [1.82, 2.24) is 15.2 Å². The Morgan fingerprint density at radius 3 is 2.71 bits per heavy atom. The van der Waals surface area contributed by atoms with Gasteiger partial charge in [0.25, 0.3) is 0 Å². The summed E-state index contributed by atoms with van der Waals surface area (Å²) in [6.45, 7) is 4.09. The van der Waals surface area contributed by atoms with Crippen LogP contribution in [0.1, 0.15) is 30.9 Å². The van der Waals surface area contributed by atoms with Crippen molar-refractivity contribution in [3.05, 3.63) is 35.5 Å². The van der Waals surface area contributed by atoms with E-state index in [-0.39, 0.29) is 30.6 Å². The van der Waals surface area contributed by atoms with Gasteiger partial charge in [0.05, 0.1) is 0 Å². The van der Waals surface area contributed by atoms with Gasteiger partial charge in [-0.05, 0) is 37.5 Å². The Hall–Kier alpha value is -2.63. The third-order valence-electron chi connectivity index (χ3n) is 4.47. The van der Waals surface area contributed by atoms with E-state index < -0.39 is 6.04 Å². The van der Waals surface area contributed by atoms with Crippen LogP contribution in [0.5, 0.6) is 0 Å². The summed E-state index contributed by atoms with van der Waals surface area (Å²) in [6, 6.07) is 5.47. The highest BCUT2D eigenvalue weighted by atomic mass is 16.2. The molecule has 126 valence electrons. The molecule has 1 atom stereocenters. The summed E-state index contributed by atoms with van der Waals surface area (Å²) in [5.74, 6) is -0.835. The van der Waals surface area contributed by atoms with Gasteiger partial charge in [0.15, 0.2) is 0 Å².